The first-order chi connectivity index (χ1) is 12.0. The quantitative estimate of drug-likeness (QED) is 0.752. The van der Waals surface area contributed by atoms with Gasteiger partial charge in [0.2, 0.25) is 5.91 Å². The number of nitrogens with one attached hydrogen (secondary N) is 1. The molecule has 3 aromatic rings. The van der Waals surface area contributed by atoms with Gasteiger partial charge in [-0.15, -0.1) is 0 Å². The summed E-state index contributed by atoms with van der Waals surface area (Å²) >= 11 is 0. The van der Waals surface area contributed by atoms with Gasteiger partial charge in [0, 0.05) is 11.6 Å². The highest BCUT2D eigenvalue weighted by Crippen LogP contribution is 2.24. The smallest absolute Gasteiger partial charge is 0.228 e. The highest BCUT2D eigenvalue weighted by molar-refractivity contribution is 5.94. The summed E-state index contributed by atoms with van der Waals surface area (Å²) in [6.45, 7) is 4.00. The van der Waals surface area contributed by atoms with E-state index in [0.29, 0.717) is 28.2 Å². The van der Waals surface area contributed by atoms with Crippen LogP contribution in [0.2, 0.25) is 0 Å². The van der Waals surface area contributed by atoms with E-state index in [2.05, 4.69) is 10.3 Å². The van der Waals surface area contributed by atoms with E-state index in [0.717, 1.165) is 0 Å². The van der Waals surface area contributed by atoms with Crippen LogP contribution in [0.4, 0.5) is 10.1 Å². The molecule has 0 saturated carbocycles. The number of rotatable bonds is 5. The normalized spacial score (nSPS) is 11.1. The number of amides is 1. The van der Waals surface area contributed by atoms with Gasteiger partial charge >= 0.3 is 0 Å². The Morgan fingerprint density at radius 1 is 1.28 bits per heavy atom. The molecule has 0 aliphatic carbocycles. The van der Waals surface area contributed by atoms with Crippen LogP contribution < -0.4 is 10.1 Å². The van der Waals surface area contributed by atoms with Crippen molar-refractivity contribution in [2.45, 2.75) is 26.2 Å². The first-order valence-electron chi connectivity index (χ1n) is 7.99. The van der Waals surface area contributed by atoms with Gasteiger partial charge in [-0.1, -0.05) is 19.9 Å². The Bertz CT molecular complexity index is 918. The monoisotopic (exact) mass is 342 g/mol. The van der Waals surface area contributed by atoms with Crippen molar-refractivity contribution in [3.05, 3.63) is 53.7 Å². The molecule has 0 radical (unpaired) electrons. The average Bonchev–Trinajstić information content (AvgIpc) is 2.98. The van der Waals surface area contributed by atoms with Crippen molar-refractivity contribution in [2.75, 3.05) is 12.4 Å². The zero-order valence-corrected chi connectivity index (χ0v) is 14.3. The molecule has 0 bridgehead atoms. The molecule has 0 spiro atoms. The molecule has 1 amide bonds. The van der Waals surface area contributed by atoms with Crippen molar-refractivity contribution in [3.63, 3.8) is 0 Å². The predicted octanol–water partition coefficient (Wildman–Crippen LogP) is 4.28. The molecule has 1 N–H and O–H groups in total. The summed E-state index contributed by atoms with van der Waals surface area (Å²) < 4.78 is 24.2. The van der Waals surface area contributed by atoms with E-state index in [4.69, 9.17) is 9.15 Å². The number of ether oxygens (including phenoxy) is 1. The van der Waals surface area contributed by atoms with Gasteiger partial charge in [-0.3, -0.25) is 4.79 Å². The number of aromatic nitrogens is 1. The number of nitrogens with zero attached hydrogens (tertiary/aromatic N) is 1. The Labute approximate surface area is 144 Å². The molecule has 3 rings (SSSR count). The third kappa shape index (κ3) is 3.79. The number of hydrogen-bond donors (Lipinski definition) is 1. The maximum atomic E-state index is 13.7. The molecule has 0 fully saturated rings. The van der Waals surface area contributed by atoms with Crippen molar-refractivity contribution in [2.24, 2.45) is 0 Å². The number of methoxy groups -OCH3 is 1. The Morgan fingerprint density at radius 2 is 2.08 bits per heavy atom. The van der Waals surface area contributed by atoms with Gasteiger partial charge in [0.15, 0.2) is 23.0 Å². The van der Waals surface area contributed by atoms with Gasteiger partial charge in [-0.25, -0.2) is 9.37 Å². The summed E-state index contributed by atoms with van der Waals surface area (Å²) in [6.07, 6.45) is 0.0645. The fourth-order valence-corrected chi connectivity index (χ4v) is 2.48. The van der Waals surface area contributed by atoms with E-state index < -0.39 is 5.82 Å². The number of anilines is 1. The Kier molecular flexibility index (Phi) is 4.70. The van der Waals surface area contributed by atoms with Crippen molar-refractivity contribution in [3.8, 4) is 5.75 Å². The highest BCUT2D eigenvalue weighted by atomic mass is 19.1. The second-order valence-electron chi connectivity index (χ2n) is 6.08. The number of fused-ring (bicyclic) bond motifs is 1. The van der Waals surface area contributed by atoms with Gasteiger partial charge in [-0.05, 0) is 35.9 Å². The molecule has 2 aromatic carbocycles. The minimum atomic E-state index is -0.488. The standard InChI is InChI=1S/C19H19FN2O3/c1-11(2)19-22-15-10-13(5-7-17(15)25-19)21-18(23)9-12-4-6-16(24-3)14(20)8-12/h4-8,10-11H,9H2,1-3H3,(H,21,23). The van der Waals surface area contributed by atoms with E-state index in [1.54, 1.807) is 24.3 Å². The fourth-order valence-electron chi connectivity index (χ4n) is 2.48. The Balaban J connectivity index is 1.72. The summed E-state index contributed by atoms with van der Waals surface area (Å²) in [5.74, 6) is 0.277. The summed E-state index contributed by atoms with van der Waals surface area (Å²) in [5, 5.41) is 2.79. The van der Waals surface area contributed by atoms with Crippen LogP contribution >= 0.6 is 0 Å². The van der Waals surface area contributed by atoms with Gasteiger partial charge in [-0.2, -0.15) is 0 Å². The van der Waals surface area contributed by atoms with Gasteiger partial charge in [0.1, 0.15) is 5.52 Å². The number of hydrogen-bond acceptors (Lipinski definition) is 4. The molecular formula is C19H19FN2O3. The molecule has 1 heterocycles. The lowest BCUT2D eigenvalue weighted by Gasteiger charge is -2.07. The summed E-state index contributed by atoms with van der Waals surface area (Å²) in [6, 6.07) is 9.76. The number of carbonyl (C=O) groups excluding carboxylic acids is 1. The van der Waals surface area contributed by atoms with Crippen LogP contribution in [0.5, 0.6) is 5.75 Å². The lowest BCUT2D eigenvalue weighted by atomic mass is 10.1. The van der Waals surface area contributed by atoms with Crippen LogP contribution in [0, 0.1) is 5.82 Å². The van der Waals surface area contributed by atoms with Crippen LogP contribution in [0.3, 0.4) is 0 Å². The molecule has 0 aliphatic heterocycles. The third-order valence-electron chi connectivity index (χ3n) is 3.76. The summed E-state index contributed by atoms with van der Waals surface area (Å²) in [7, 11) is 1.40. The SMILES string of the molecule is COc1ccc(CC(=O)Nc2ccc3oc(C(C)C)nc3c2)cc1F. The fraction of sp³-hybridized carbons (Fsp3) is 0.263. The van der Waals surface area contributed by atoms with E-state index in [-0.39, 0.29) is 24.0 Å². The predicted molar refractivity (Wildman–Crippen MR) is 93.4 cm³/mol. The number of carbonyl (C=O) groups is 1. The third-order valence-corrected chi connectivity index (χ3v) is 3.76. The molecule has 6 heteroatoms. The Morgan fingerprint density at radius 3 is 2.76 bits per heavy atom. The van der Waals surface area contributed by atoms with E-state index in [1.807, 2.05) is 13.8 Å². The van der Waals surface area contributed by atoms with Crippen molar-refractivity contribution < 1.29 is 18.3 Å². The van der Waals surface area contributed by atoms with Crippen LogP contribution in [-0.4, -0.2) is 18.0 Å². The van der Waals surface area contributed by atoms with Crippen molar-refractivity contribution in [1.29, 1.82) is 0 Å². The van der Waals surface area contributed by atoms with Crippen molar-refractivity contribution in [1.82, 2.24) is 4.98 Å². The maximum Gasteiger partial charge on any atom is 0.228 e. The molecule has 0 saturated heterocycles. The van der Waals surface area contributed by atoms with Gasteiger partial charge in [0.25, 0.3) is 0 Å². The van der Waals surface area contributed by atoms with E-state index in [9.17, 15) is 9.18 Å². The van der Waals surface area contributed by atoms with Crippen LogP contribution in [0.25, 0.3) is 11.1 Å². The molecule has 5 nitrogen and oxygen atoms in total. The first kappa shape index (κ1) is 17.0. The molecule has 1 aromatic heterocycles. The Hall–Kier alpha value is -2.89. The second kappa shape index (κ2) is 6.93. The molecular weight excluding hydrogens is 323 g/mol. The minimum absolute atomic E-state index is 0.0645. The summed E-state index contributed by atoms with van der Waals surface area (Å²) in [5.41, 5.74) is 2.56. The van der Waals surface area contributed by atoms with Crippen LogP contribution in [-0.2, 0) is 11.2 Å². The van der Waals surface area contributed by atoms with E-state index >= 15 is 0 Å². The lowest BCUT2D eigenvalue weighted by molar-refractivity contribution is -0.115. The largest absolute Gasteiger partial charge is 0.494 e. The molecule has 0 unspecified atom stereocenters. The van der Waals surface area contributed by atoms with E-state index in [1.165, 1.54) is 19.2 Å². The molecule has 0 atom stereocenters. The van der Waals surface area contributed by atoms with Crippen LogP contribution in [0.1, 0.15) is 31.2 Å². The highest BCUT2D eigenvalue weighted by Gasteiger charge is 2.12. The van der Waals surface area contributed by atoms with Crippen LogP contribution in [0.15, 0.2) is 40.8 Å². The van der Waals surface area contributed by atoms with Crippen molar-refractivity contribution >= 4 is 22.7 Å². The van der Waals surface area contributed by atoms with Gasteiger partial charge in [0.05, 0.1) is 13.5 Å². The lowest BCUT2D eigenvalue weighted by Crippen LogP contribution is -2.14. The first-order valence-corrected chi connectivity index (χ1v) is 7.99. The summed E-state index contributed by atoms with van der Waals surface area (Å²) in [4.78, 5) is 16.6. The number of benzene rings is 2. The maximum absolute atomic E-state index is 13.7. The average molecular weight is 342 g/mol. The number of halogens is 1. The molecule has 0 aliphatic rings. The number of oxazole rings is 1. The zero-order valence-electron chi connectivity index (χ0n) is 14.3. The zero-order chi connectivity index (χ0) is 18.0. The topological polar surface area (TPSA) is 64.4 Å². The van der Waals surface area contributed by atoms with Gasteiger partial charge < -0.3 is 14.5 Å². The minimum Gasteiger partial charge on any atom is -0.494 e. The second-order valence-corrected chi connectivity index (χ2v) is 6.08. The molecule has 25 heavy (non-hydrogen) atoms. The molecule has 130 valence electrons.